The topological polar surface area (TPSA) is 73.2 Å². The van der Waals surface area contributed by atoms with Crippen LogP contribution in [0.1, 0.15) is 16.1 Å². The molecular formula is C14H14IN3O3. The fourth-order valence-corrected chi connectivity index (χ4v) is 2.07. The van der Waals surface area contributed by atoms with Gasteiger partial charge in [0.1, 0.15) is 5.82 Å². The molecule has 1 amide bonds. The number of amides is 1. The van der Waals surface area contributed by atoms with Crippen LogP contribution in [0.5, 0.6) is 0 Å². The van der Waals surface area contributed by atoms with Gasteiger partial charge < -0.3 is 10.1 Å². The molecule has 21 heavy (non-hydrogen) atoms. The van der Waals surface area contributed by atoms with E-state index in [0.29, 0.717) is 11.4 Å². The lowest BCUT2D eigenvalue weighted by Crippen LogP contribution is -2.22. The number of carbonyl (C=O) groups is 2. The minimum atomic E-state index is -0.525. The molecule has 6 nitrogen and oxygen atoms in total. The molecule has 0 spiro atoms. The second-order valence-corrected chi connectivity index (χ2v) is 5.67. The lowest BCUT2D eigenvalue weighted by Gasteiger charge is -2.06. The van der Waals surface area contributed by atoms with Crippen LogP contribution in [0.25, 0.3) is 0 Å². The molecule has 7 heteroatoms. The Morgan fingerprint density at radius 2 is 2.00 bits per heavy atom. The summed E-state index contributed by atoms with van der Waals surface area (Å²) in [4.78, 5) is 23.5. The van der Waals surface area contributed by atoms with E-state index in [2.05, 4.69) is 33.0 Å². The molecule has 0 unspecified atom stereocenters. The van der Waals surface area contributed by atoms with Crippen LogP contribution in [0.4, 0.5) is 5.82 Å². The lowest BCUT2D eigenvalue weighted by atomic mass is 10.2. The Balaban J connectivity index is 1.87. The summed E-state index contributed by atoms with van der Waals surface area (Å²) in [6.45, 7) is 1.49. The van der Waals surface area contributed by atoms with Gasteiger partial charge in [-0.05, 0) is 53.8 Å². The van der Waals surface area contributed by atoms with Crippen LogP contribution in [-0.2, 0) is 16.6 Å². The zero-order chi connectivity index (χ0) is 15.4. The van der Waals surface area contributed by atoms with Crippen LogP contribution in [0, 0.1) is 10.5 Å². The van der Waals surface area contributed by atoms with Gasteiger partial charge >= 0.3 is 5.97 Å². The maximum Gasteiger partial charge on any atom is 0.338 e. The highest BCUT2D eigenvalue weighted by molar-refractivity contribution is 14.1. The van der Waals surface area contributed by atoms with Gasteiger partial charge in [0.15, 0.2) is 6.61 Å². The first-order valence-electron chi connectivity index (χ1n) is 6.19. The molecular weight excluding hydrogens is 385 g/mol. The number of hydrogen-bond acceptors (Lipinski definition) is 4. The number of benzene rings is 1. The van der Waals surface area contributed by atoms with E-state index in [1.807, 2.05) is 6.92 Å². The quantitative estimate of drug-likeness (QED) is 0.632. The number of aryl methyl sites for hydroxylation is 2. The number of rotatable bonds is 4. The van der Waals surface area contributed by atoms with Gasteiger partial charge in [-0.3, -0.25) is 9.48 Å². The van der Waals surface area contributed by atoms with E-state index in [1.54, 1.807) is 42.1 Å². The van der Waals surface area contributed by atoms with Gasteiger partial charge in [0.25, 0.3) is 5.91 Å². The Morgan fingerprint density at radius 3 is 2.57 bits per heavy atom. The third-order valence-electron chi connectivity index (χ3n) is 2.68. The number of aromatic nitrogens is 2. The number of carbonyl (C=O) groups excluding carboxylic acids is 2. The number of nitrogens with one attached hydrogen (secondary N) is 1. The SMILES string of the molecule is Cc1cc(NC(=O)COC(=O)c2ccc(I)cc2)n(C)n1. The molecule has 1 N–H and O–H groups in total. The summed E-state index contributed by atoms with van der Waals surface area (Å²) < 4.78 is 7.54. The molecule has 2 rings (SSSR count). The summed E-state index contributed by atoms with van der Waals surface area (Å²) in [5.41, 5.74) is 1.21. The van der Waals surface area contributed by atoms with Crippen LogP contribution in [0.3, 0.4) is 0 Å². The first-order chi connectivity index (χ1) is 9.95. The Morgan fingerprint density at radius 1 is 1.33 bits per heavy atom. The number of hydrogen-bond donors (Lipinski definition) is 1. The van der Waals surface area contributed by atoms with Crippen molar-refractivity contribution >= 4 is 40.3 Å². The van der Waals surface area contributed by atoms with Crippen molar-refractivity contribution in [3.63, 3.8) is 0 Å². The number of nitrogens with zero attached hydrogens (tertiary/aromatic N) is 2. The Kier molecular flexibility index (Phi) is 4.94. The monoisotopic (exact) mass is 399 g/mol. The van der Waals surface area contributed by atoms with E-state index in [0.717, 1.165) is 9.26 Å². The Bertz CT molecular complexity index is 665. The van der Waals surface area contributed by atoms with E-state index >= 15 is 0 Å². The van der Waals surface area contributed by atoms with E-state index in [-0.39, 0.29) is 6.61 Å². The van der Waals surface area contributed by atoms with E-state index in [9.17, 15) is 9.59 Å². The van der Waals surface area contributed by atoms with Crippen molar-refractivity contribution in [2.24, 2.45) is 7.05 Å². The van der Waals surface area contributed by atoms with Crippen LogP contribution in [0.15, 0.2) is 30.3 Å². The van der Waals surface area contributed by atoms with Crippen molar-refractivity contribution < 1.29 is 14.3 Å². The van der Waals surface area contributed by atoms with Crippen molar-refractivity contribution in [2.45, 2.75) is 6.92 Å². The van der Waals surface area contributed by atoms with Gasteiger partial charge in [-0.1, -0.05) is 0 Å². The van der Waals surface area contributed by atoms with Crippen molar-refractivity contribution in [1.82, 2.24) is 9.78 Å². The Labute approximate surface area is 135 Å². The molecule has 0 saturated heterocycles. The summed E-state index contributed by atoms with van der Waals surface area (Å²) in [7, 11) is 1.72. The predicted octanol–water partition coefficient (Wildman–Crippen LogP) is 2.13. The number of esters is 1. The normalized spacial score (nSPS) is 10.2. The first-order valence-corrected chi connectivity index (χ1v) is 7.27. The standard InChI is InChI=1S/C14H14IN3O3/c1-9-7-12(18(2)17-9)16-13(19)8-21-14(20)10-3-5-11(15)6-4-10/h3-7H,8H2,1-2H3,(H,16,19). The number of ether oxygens (including phenoxy) is 1. The highest BCUT2D eigenvalue weighted by Gasteiger charge is 2.11. The lowest BCUT2D eigenvalue weighted by molar-refractivity contribution is -0.119. The number of halogens is 1. The van der Waals surface area contributed by atoms with Crippen LogP contribution in [-0.4, -0.2) is 28.3 Å². The molecule has 0 radical (unpaired) electrons. The molecule has 2 aromatic rings. The first kappa shape index (κ1) is 15.5. The van der Waals surface area contributed by atoms with Gasteiger partial charge in [0.2, 0.25) is 0 Å². The van der Waals surface area contributed by atoms with Crippen LogP contribution >= 0.6 is 22.6 Å². The van der Waals surface area contributed by atoms with Crippen molar-refractivity contribution in [3.05, 3.63) is 45.2 Å². The fraction of sp³-hybridized carbons (Fsp3) is 0.214. The minimum absolute atomic E-state index is 0.338. The molecule has 0 fully saturated rings. The molecule has 0 aliphatic heterocycles. The molecule has 110 valence electrons. The van der Waals surface area contributed by atoms with Crippen molar-refractivity contribution in [3.8, 4) is 0 Å². The largest absolute Gasteiger partial charge is 0.452 e. The minimum Gasteiger partial charge on any atom is -0.452 e. The van der Waals surface area contributed by atoms with Crippen LogP contribution < -0.4 is 5.32 Å². The van der Waals surface area contributed by atoms with E-state index < -0.39 is 11.9 Å². The van der Waals surface area contributed by atoms with E-state index in [1.165, 1.54) is 0 Å². The summed E-state index contributed by atoms with van der Waals surface area (Å²) >= 11 is 2.14. The molecule has 1 aromatic heterocycles. The molecule has 0 bridgehead atoms. The van der Waals surface area contributed by atoms with E-state index in [4.69, 9.17) is 4.74 Å². The fourth-order valence-electron chi connectivity index (χ4n) is 1.71. The Hall–Kier alpha value is -1.90. The summed E-state index contributed by atoms with van der Waals surface area (Å²) in [6, 6.07) is 8.66. The van der Waals surface area contributed by atoms with Gasteiger partial charge in [0.05, 0.1) is 11.3 Å². The smallest absolute Gasteiger partial charge is 0.338 e. The number of anilines is 1. The van der Waals surface area contributed by atoms with Gasteiger partial charge in [-0.15, -0.1) is 0 Å². The van der Waals surface area contributed by atoms with Gasteiger partial charge in [-0.25, -0.2) is 4.79 Å². The maximum absolute atomic E-state index is 11.8. The highest BCUT2D eigenvalue weighted by atomic mass is 127. The van der Waals surface area contributed by atoms with Crippen molar-refractivity contribution in [1.29, 1.82) is 0 Å². The van der Waals surface area contributed by atoms with Crippen molar-refractivity contribution in [2.75, 3.05) is 11.9 Å². The summed E-state index contributed by atoms with van der Waals surface area (Å²) in [5, 5.41) is 6.74. The molecule has 0 atom stereocenters. The zero-order valence-electron chi connectivity index (χ0n) is 11.6. The molecule has 0 aliphatic rings. The summed E-state index contributed by atoms with van der Waals surface area (Å²) in [5.74, 6) is -0.373. The zero-order valence-corrected chi connectivity index (χ0v) is 13.7. The third-order valence-corrected chi connectivity index (χ3v) is 3.40. The van der Waals surface area contributed by atoms with Gasteiger partial charge in [-0.2, -0.15) is 5.10 Å². The molecule has 0 aliphatic carbocycles. The second kappa shape index (κ2) is 6.70. The predicted molar refractivity (Wildman–Crippen MR) is 86.0 cm³/mol. The average Bonchev–Trinajstić information content (AvgIpc) is 2.75. The van der Waals surface area contributed by atoms with Gasteiger partial charge in [0, 0.05) is 16.7 Å². The maximum atomic E-state index is 11.8. The van der Waals surface area contributed by atoms with Crippen LogP contribution in [0.2, 0.25) is 0 Å². The molecule has 1 aromatic carbocycles. The highest BCUT2D eigenvalue weighted by Crippen LogP contribution is 2.09. The summed E-state index contributed by atoms with van der Waals surface area (Å²) in [6.07, 6.45) is 0. The molecule has 1 heterocycles. The average molecular weight is 399 g/mol. The second-order valence-electron chi connectivity index (χ2n) is 4.43. The third kappa shape index (κ3) is 4.28. The molecule has 0 saturated carbocycles.